The Balaban J connectivity index is 1.41. The zero-order chi connectivity index (χ0) is 19.2. The van der Waals surface area contributed by atoms with Crippen LogP contribution in [0.2, 0.25) is 0 Å². The molecule has 0 amide bonds. The Labute approximate surface area is 164 Å². The molecule has 0 aliphatic heterocycles. The molecule has 0 bridgehead atoms. The lowest BCUT2D eigenvalue weighted by Crippen LogP contribution is -2.03. The van der Waals surface area contributed by atoms with Crippen molar-refractivity contribution in [1.82, 2.24) is 25.1 Å². The number of nitriles is 1. The Bertz CT molecular complexity index is 1070. The summed E-state index contributed by atoms with van der Waals surface area (Å²) in [6.07, 6.45) is 3.71. The summed E-state index contributed by atoms with van der Waals surface area (Å²) in [6, 6.07) is 13.5. The summed E-state index contributed by atoms with van der Waals surface area (Å²) in [6.45, 7) is 0.494. The van der Waals surface area contributed by atoms with Crippen LogP contribution in [0.15, 0.2) is 54.3 Å². The zero-order valence-corrected chi connectivity index (χ0v) is 15.5. The van der Waals surface area contributed by atoms with Crippen molar-refractivity contribution in [2.24, 2.45) is 0 Å². The topological polar surface area (TPSA) is 112 Å². The maximum atomic E-state index is 9.29. The van der Waals surface area contributed by atoms with Gasteiger partial charge in [-0.3, -0.25) is 5.10 Å². The Hall–Kier alpha value is -3.77. The van der Waals surface area contributed by atoms with Crippen LogP contribution in [0.1, 0.15) is 11.4 Å². The molecule has 0 saturated carbocycles. The third-order valence-electron chi connectivity index (χ3n) is 3.83. The third kappa shape index (κ3) is 4.13. The van der Waals surface area contributed by atoms with Crippen molar-refractivity contribution in [3.8, 4) is 22.4 Å². The molecule has 0 spiro atoms. The highest BCUT2D eigenvalue weighted by Gasteiger charge is 2.10. The lowest BCUT2D eigenvalue weighted by atomic mass is 10.2. The standard InChI is InChI=1S/C19H15N7OS/c20-10-13-11-21-19(25-18(13)16-2-1-9-28-16)24-14-3-5-15(6-4-14)27-8-7-17-22-12-23-26-17/h1-6,9,11-12H,7-8H2,(H,21,24,25)(H,22,23,26). The first-order chi connectivity index (χ1) is 13.8. The monoisotopic (exact) mass is 389 g/mol. The summed E-state index contributed by atoms with van der Waals surface area (Å²) in [5.41, 5.74) is 1.90. The number of ether oxygens (including phenoxy) is 1. The van der Waals surface area contributed by atoms with Gasteiger partial charge in [-0.25, -0.2) is 15.0 Å². The number of nitrogens with one attached hydrogen (secondary N) is 2. The molecular formula is C19H15N7OS. The lowest BCUT2D eigenvalue weighted by molar-refractivity contribution is 0.319. The molecule has 138 valence electrons. The Kier molecular flexibility index (Phi) is 5.22. The van der Waals surface area contributed by atoms with Gasteiger partial charge in [-0.05, 0) is 35.7 Å². The smallest absolute Gasteiger partial charge is 0.227 e. The number of aromatic amines is 1. The molecule has 9 heteroatoms. The van der Waals surface area contributed by atoms with E-state index in [0.717, 1.165) is 22.1 Å². The summed E-state index contributed by atoms with van der Waals surface area (Å²) < 4.78 is 5.70. The van der Waals surface area contributed by atoms with Gasteiger partial charge in [0.25, 0.3) is 0 Å². The summed E-state index contributed by atoms with van der Waals surface area (Å²) in [7, 11) is 0. The minimum Gasteiger partial charge on any atom is -0.493 e. The van der Waals surface area contributed by atoms with Crippen molar-refractivity contribution in [3.05, 3.63) is 65.7 Å². The second kappa shape index (κ2) is 8.28. The molecule has 3 aromatic heterocycles. The molecule has 0 radical (unpaired) electrons. The molecule has 0 fully saturated rings. The fourth-order valence-electron chi connectivity index (χ4n) is 2.50. The van der Waals surface area contributed by atoms with Crippen LogP contribution in [-0.4, -0.2) is 31.8 Å². The highest BCUT2D eigenvalue weighted by Crippen LogP contribution is 2.27. The average molecular weight is 389 g/mol. The summed E-state index contributed by atoms with van der Waals surface area (Å²) in [5.74, 6) is 1.90. The van der Waals surface area contributed by atoms with E-state index in [9.17, 15) is 5.26 Å². The number of anilines is 2. The number of hydrogen-bond donors (Lipinski definition) is 2. The van der Waals surface area contributed by atoms with Crippen LogP contribution in [0.5, 0.6) is 5.75 Å². The number of rotatable bonds is 7. The first-order valence-corrected chi connectivity index (χ1v) is 9.35. The highest BCUT2D eigenvalue weighted by atomic mass is 32.1. The predicted octanol–water partition coefficient (Wildman–Crippen LogP) is 3.56. The second-order valence-corrected chi connectivity index (χ2v) is 6.66. The number of nitrogens with zero attached hydrogens (tertiary/aromatic N) is 5. The van der Waals surface area contributed by atoms with E-state index in [4.69, 9.17) is 4.74 Å². The van der Waals surface area contributed by atoms with E-state index in [1.807, 2.05) is 41.8 Å². The second-order valence-electron chi connectivity index (χ2n) is 5.71. The molecule has 28 heavy (non-hydrogen) atoms. The van der Waals surface area contributed by atoms with Crippen LogP contribution in [-0.2, 0) is 6.42 Å². The highest BCUT2D eigenvalue weighted by molar-refractivity contribution is 7.13. The van der Waals surface area contributed by atoms with Crippen molar-refractivity contribution in [2.45, 2.75) is 6.42 Å². The summed E-state index contributed by atoms with van der Waals surface area (Å²) in [5, 5.41) is 21.1. The van der Waals surface area contributed by atoms with E-state index >= 15 is 0 Å². The van der Waals surface area contributed by atoms with Gasteiger partial charge in [0.1, 0.15) is 23.8 Å². The van der Waals surface area contributed by atoms with Gasteiger partial charge in [0.05, 0.1) is 23.2 Å². The van der Waals surface area contributed by atoms with Crippen molar-refractivity contribution in [1.29, 1.82) is 5.26 Å². The maximum Gasteiger partial charge on any atom is 0.227 e. The minimum absolute atomic E-state index is 0.431. The molecule has 4 aromatic rings. The molecule has 0 atom stereocenters. The fraction of sp³-hybridized carbons (Fsp3) is 0.105. The van der Waals surface area contributed by atoms with Crippen molar-refractivity contribution in [2.75, 3.05) is 11.9 Å². The molecule has 2 N–H and O–H groups in total. The predicted molar refractivity (Wildman–Crippen MR) is 105 cm³/mol. The van der Waals surface area contributed by atoms with E-state index in [1.54, 1.807) is 6.33 Å². The third-order valence-corrected chi connectivity index (χ3v) is 4.71. The van der Waals surface area contributed by atoms with Crippen LogP contribution in [0.4, 0.5) is 11.6 Å². The van der Waals surface area contributed by atoms with Gasteiger partial charge >= 0.3 is 0 Å². The number of benzene rings is 1. The van der Waals surface area contributed by atoms with Crippen LogP contribution < -0.4 is 10.1 Å². The first-order valence-electron chi connectivity index (χ1n) is 8.47. The first kappa shape index (κ1) is 17.6. The van der Waals surface area contributed by atoms with Gasteiger partial charge in [-0.2, -0.15) is 10.4 Å². The van der Waals surface area contributed by atoms with Crippen LogP contribution in [0, 0.1) is 11.3 Å². The minimum atomic E-state index is 0.431. The van der Waals surface area contributed by atoms with Gasteiger partial charge in [-0.15, -0.1) is 11.3 Å². The van der Waals surface area contributed by atoms with Gasteiger partial charge in [-0.1, -0.05) is 6.07 Å². The number of hydrogen-bond acceptors (Lipinski definition) is 8. The molecular weight excluding hydrogens is 374 g/mol. The number of aromatic nitrogens is 5. The Morgan fingerprint density at radius 3 is 2.79 bits per heavy atom. The molecule has 0 aliphatic rings. The van der Waals surface area contributed by atoms with E-state index < -0.39 is 0 Å². The van der Waals surface area contributed by atoms with Crippen molar-refractivity contribution in [3.63, 3.8) is 0 Å². The summed E-state index contributed by atoms with van der Waals surface area (Å²) >= 11 is 1.53. The van der Waals surface area contributed by atoms with Gasteiger partial charge < -0.3 is 10.1 Å². The fourth-order valence-corrected chi connectivity index (χ4v) is 3.23. The zero-order valence-electron chi connectivity index (χ0n) is 14.7. The molecule has 3 heterocycles. The summed E-state index contributed by atoms with van der Waals surface area (Å²) in [4.78, 5) is 13.7. The molecule has 0 unspecified atom stereocenters. The van der Waals surface area contributed by atoms with Crippen molar-refractivity contribution < 1.29 is 4.74 Å². The lowest BCUT2D eigenvalue weighted by Gasteiger charge is -2.09. The van der Waals surface area contributed by atoms with Crippen LogP contribution in [0.25, 0.3) is 10.6 Å². The number of H-pyrrole nitrogens is 1. The van der Waals surface area contributed by atoms with E-state index in [2.05, 4.69) is 36.5 Å². The van der Waals surface area contributed by atoms with E-state index in [0.29, 0.717) is 30.2 Å². The molecule has 4 rings (SSSR count). The van der Waals surface area contributed by atoms with Crippen molar-refractivity contribution >= 4 is 23.0 Å². The number of thiophene rings is 1. The van der Waals surface area contributed by atoms with Crippen LogP contribution >= 0.6 is 11.3 Å². The quantitative estimate of drug-likeness (QED) is 0.497. The Morgan fingerprint density at radius 1 is 1.18 bits per heavy atom. The SMILES string of the molecule is N#Cc1cnc(Nc2ccc(OCCc3nc[nH]n3)cc2)nc1-c1cccs1. The van der Waals surface area contributed by atoms with E-state index in [1.165, 1.54) is 17.5 Å². The average Bonchev–Trinajstić information content (AvgIpc) is 3.44. The molecule has 0 aliphatic carbocycles. The molecule has 1 aromatic carbocycles. The van der Waals surface area contributed by atoms with Crippen LogP contribution in [0.3, 0.4) is 0 Å². The molecule has 0 saturated heterocycles. The van der Waals surface area contributed by atoms with Gasteiger partial charge in [0.2, 0.25) is 5.95 Å². The van der Waals surface area contributed by atoms with Gasteiger partial charge in [0.15, 0.2) is 5.82 Å². The maximum absolute atomic E-state index is 9.29. The Morgan fingerprint density at radius 2 is 2.07 bits per heavy atom. The molecule has 8 nitrogen and oxygen atoms in total. The van der Waals surface area contributed by atoms with E-state index in [-0.39, 0.29) is 0 Å². The largest absolute Gasteiger partial charge is 0.493 e. The van der Waals surface area contributed by atoms with Gasteiger partial charge in [0, 0.05) is 12.1 Å². The normalized spacial score (nSPS) is 10.4.